The van der Waals surface area contributed by atoms with Crippen LogP contribution in [0.4, 0.5) is 5.69 Å². The number of ketones is 1. The average molecular weight is 433 g/mol. The van der Waals surface area contributed by atoms with E-state index in [0.717, 1.165) is 0 Å². The van der Waals surface area contributed by atoms with E-state index in [0.29, 0.717) is 28.5 Å². The smallest absolute Gasteiger partial charge is 0.300 e. The first-order valence-electron chi connectivity index (χ1n) is 10.2. The molecular weight excluding hydrogens is 410 g/mol. The summed E-state index contributed by atoms with van der Waals surface area (Å²) in [5.41, 5.74) is 0.787. The molecule has 3 aromatic rings. The van der Waals surface area contributed by atoms with Crippen LogP contribution in [0.1, 0.15) is 31.2 Å². The van der Waals surface area contributed by atoms with Crippen molar-refractivity contribution in [2.45, 2.75) is 26.0 Å². The molecule has 1 saturated heterocycles. The van der Waals surface area contributed by atoms with Crippen LogP contribution < -0.4 is 14.4 Å². The molecule has 4 rings (SSSR count). The van der Waals surface area contributed by atoms with E-state index in [1.807, 2.05) is 13.8 Å². The molecule has 0 spiro atoms. The monoisotopic (exact) mass is 433 g/mol. The van der Waals surface area contributed by atoms with Crippen LogP contribution in [0.25, 0.3) is 5.76 Å². The van der Waals surface area contributed by atoms with E-state index in [2.05, 4.69) is 0 Å². The maximum atomic E-state index is 13.1. The molecule has 2 aromatic carbocycles. The summed E-state index contributed by atoms with van der Waals surface area (Å²) in [6.07, 6.45) is 1.46. The Morgan fingerprint density at radius 2 is 1.78 bits per heavy atom. The van der Waals surface area contributed by atoms with Crippen LogP contribution in [0, 0.1) is 0 Å². The summed E-state index contributed by atoms with van der Waals surface area (Å²) in [4.78, 5) is 27.5. The highest BCUT2D eigenvalue weighted by Gasteiger charge is 2.48. The molecule has 1 unspecified atom stereocenters. The van der Waals surface area contributed by atoms with Crippen molar-refractivity contribution in [3.05, 3.63) is 83.8 Å². The van der Waals surface area contributed by atoms with Gasteiger partial charge in [-0.2, -0.15) is 0 Å². The molecule has 32 heavy (non-hydrogen) atoms. The zero-order valence-corrected chi connectivity index (χ0v) is 17.9. The number of methoxy groups -OCH3 is 1. The second kappa shape index (κ2) is 8.63. The van der Waals surface area contributed by atoms with Gasteiger partial charge in [-0.05, 0) is 62.4 Å². The van der Waals surface area contributed by atoms with E-state index in [1.165, 1.54) is 18.3 Å². The number of carbonyl (C=O) groups excluding carboxylic acids is 2. The van der Waals surface area contributed by atoms with E-state index in [-0.39, 0.29) is 17.4 Å². The maximum Gasteiger partial charge on any atom is 0.300 e. The van der Waals surface area contributed by atoms with Crippen molar-refractivity contribution in [1.82, 2.24) is 0 Å². The third-order valence-electron chi connectivity index (χ3n) is 5.09. The standard InChI is InChI=1S/C25H23NO6/c1-15(2)32-18-11-9-17(10-12-18)26-22(20-8-5-13-31-20)21(24(28)25(26)29)23(27)16-6-4-7-19(14-16)30-3/h4-15,22,27H,1-3H3/b23-21-. The van der Waals surface area contributed by atoms with Gasteiger partial charge in [0.05, 0.1) is 25.1 Å². The fourth-order valence-electron chi connectivity index (χ4n) is 3.70. The molecule has 0 radical (unpaired) electrons. The third kappa shape index (κ3) is 3.85. The van der Waals surface area contributed by atoms with E-state index >= 15 is 0 Å². The van der Waals surface area contributed by atoms with Gasteiger partial charge in [0, 0.05) is 11.3 Å². The Balaban J connectivity index is 1.83. The van der Waals surface area contributed by atoms with Gasteiger partial charge in [-0.3, -0.25) is 14.5 Å². The number of Topliss-reactive ketones (excluding diaryl/α,β-unsaturated/α-hetero) is 1. The molecular formula is C25H23NO6. The minimum atomic E-state index is -0.923. The summed E-state index contributed by atoms with van der Waals surface area (Å²) in [7, 11) is 1.51. The van der Waals surface area contributed by atoms with Gasteiger partial charge in [0.2, 0.25) is 0 Å². The maximum absolute atomic E-state index is 13.1. The van der Waals surface area contributed by atoms with Crippen LogP contribution in [0.3, 0.4) is 0 Å². The zero-order valence-electron chi connectivity index (χ0n) is 17.9. The number of hydrogen-bond acceptors (Lipinski definition) is 6. The molecule has 1 atom stereocenters. The van der Waals surface area contributed by atoms with Gasteiger partial charge in [-0.1, -0.05) is 12.1 Å². The summed E-state index contributed by atoms with van der Waals surface area (Å²) in [6, 6.07) is 15.9. The number of anilines is 1. The molecule has 1 aliphatic rings. The van der Waals surface area contributed by atoms with Crippen molar-refractivity contribution in [3.8, 4) is 11.5 Å². The topological polar surface area (TPSA) is 89.2 Å². The largest absolute Gasteiger partial charge is 0.507 e. The number of amides is 1. The molecule has 164 valence electrons. The van der Waals surface area contributed by atoms with Crippen LogP contribution in [0.5, 0.6) is 11.5 Å². The van der Waals surface area contributed by atoms with Crippen molar-refractivity contribution in [2.75, 3.05) is 12.0 Å². The average Bonchev–Trinajstić information content (AvgIpc) is 3.41. The number of aliphatic hydroxyl groups is 1. The van der Waals surface area contributed by atoms with Crippen LogP contribution in [0.15, 0.2) is 76.9 Å². The second-order valence-corrected chi connectivity index (χ2v) is 7.58. The van der Waals surface area contributed by atoms with Crippen molar-refractivity contribution in [2.24, 2.45) is 0 Å². The summed E-state index contributed by atoms with van der Waals surface area (Å²) in [6.45, 7) is 3.84. The number of furan rings is 1. The number of hydrogen-bond donors (Lipinski definition) is 1. The number of nitrogens with zero attached hydrogens (tertiary/aromatic N) is 1. The highest BCUT2D eigenvalue weighted by atomic mass is 16.5. The number of aliphatic hydroxyl groups excluding tert-OH is 1. The first-order chi connectivity index (χ1) is 15.4. The molecule has 1 aromatic heterocycles. The van der Waals surface area contributed by atoms with Gasteiger partial charge >= 0.3 is 0 Å². The minimum absolute atomic E-state index is 0.000982. The van der Waals surface area contributed by atoms with Crippen LogP contribution in [-0.4, -0.2) is 30.0 Å². The lowest BCUT2D eigenvalue weighted by Crippen LogP contribution is -2.29. The molecule has 1 N–H and O–H groups in total. The Labute approximate surface area is 185 Å². The molecule has 1 fully saturated rings. The highest BCUT2D eigenvalue weighted by Crippen LogP contribution is 2.42. The van der Waals surface area contributed by atoms with E-state index in [1.54, 1.807) is 60.7 Å². The first-order valence-corrected chi connectivity index (χ1v) is 10.2. The number of benzene rings is 2. The summed E-state index contributed by atoms with van der Waals surface area (Å²) in [5, 5.41) is 11.1. The van der Waals surface area contributed by atoms with Gasteiger partial charge in [0.25, 0.3) is 11.7 Å². The zero-order chi connectivity index (χ0) is 22.8. The number of ether oxygens (including phenoxy) is 2. The Bertz CT molecular complexity index is 1160. The molecule has 7 nitrogen and oxygen atoms in total. The van der Waals surface area contributed by atoms with E-state index < -0.39 is 17.7 Å². The van der Waals surface area contributed by atoms with Crippen LogP contribution in [0.2, 0.25) is 0 Å². The molecule has 1 amide bonds. The highest BCUT2D eigenvalue weighted by molar-refractivity contribution is 6.51. The summed E-state index contributed by atoms with van der Waals surface area (Å²) < 4.78 is 16.4. The second-order valence-electron chi connectivity index (χ2n) is 7.58. The van der Waals surface area contributed by atoms with Crippen molar-refractivity contribution in [1.29, 1.82) is 0 Å². The molecule has 0 bridgehead atoms. The van der Waals surface area contributed by atoms with Gasteiger partial charge in [-0.25, -0.2) is 0 Å². The molecule has 0 saturated carbocycles. The summed E-state index contributed by atoms with van der Waals surface area (Å²) in [5.74, 6) is -0.338. The molecule has 7 heteroatoms. The van der Waals surface area contributed by atoms with Gasteiger partial charge in [0.1, 0.15) is 29.1 Å². The first kappa shape index (κ1) is 21.2. The Hall–Kier alpha value is -4.00. The molecule has 0 aliphatic carbocycles. The SMILES string of the molecule is COc1cccc(/C(O)=C2/C(=O)C(=O)N(c3ccc(OC(C)C)cc3)C2c2ccco2)c1. The predicted octanol–water partition coefficient (Wildman–Crippen LogP) is 4.70. The number of rotatable bonds is 6. The van der Waals surface area contributed by atoms with Crippen LogP contribution in [-0.2, 0) is 9.59 Å². The van der Waals surface area contributed by atoms with E-state index in [4.69, 9.17) is 13.9 Å². The lowest BCUT2D eigenvalue weighted by atomic mass is 9.99. The molecule has 1 aliphatic heterocycles. The fraction of sp³-hybridized carbons (Fsp3) is 0.200. The van der Waals surface area contributed by atoms with Crippen molar-refractivity contribution in [3.63, 3.8) is 0 Å². The van der Waals surface area contributed by atoms with E-state index in [9.17, 15) is 14.7 Å². The minimum Gasteiger partial charge on any atom is -0.507 e. The normalized spacial score (nSPS) is 17.8. The predicted molar refractivity (Wildman–Crippen MR) is 119 cm³/mol. The van der Waals surface area contributed by atoms with Crippen molar-refractivity contribution >= 4 is 23.1 Å². The number of carbonyl (C=O) groups is 2. The Morgan fingerprint density at radius 1 is 1.03 bits per heavy atom. The quantitative estimate of drug-likeness (QED) is 0.344. The van der Waals surface area contributed by atoms with Gasteiger partial charge in [0.15, 0.2) is 0 Å². The fourth-order valence-corrected chi connectivity index (χ4v) is 3.70. The Morgan fingerprint density at radius 3 is 2.41 bits per heavy atom. The summed E-state index contributed by atoms with van der Waals surface area (Å²) >= 11 is 0. The van der Waals surface area contributed by atoms with Gasteiger partial charge in [-0.15, -0.1) is 0 Å². The van der Waals surface area contributed by atoms with Gasteiger partial charge < -0.3 is 19.0 Å². The third-order valence-corrected chi connectivity index (χ3v) is 5.09. The van der Waals surface area contributed by atoms with Crippen LogP contribution >= 0.6 is 0 Å². The Kier molecular flexibility index (Phi) is 5.73. The lowest BCUT2D eigenvalue weighted by molar-refractivity contribution is -0.132. The van der Waals surface area contributed by atoms with Crippen molar-refractivity contribution < 1.29 is 28.6 Å². The lowest BCUT2D eigenvalue weighted by Gasteiger charge is -2.23. The molecule has 2 heterocycles.